The zero-order valence-corrected chi connectivity index (χ0v) is 13.5. The van der Waals surface area contributed by atoms with Gasteiger partial charge in [-0.15, -0.1) is 0 Å². The van der Waals surface area contributed by atoms with Crippen molar-refractivity contribution in [2.24, 2.45) is 4.99 Å². The van der Waals surface area contributed by atoms with Crippen LogP contribution in [0.2, 0.25) is 0 Å². The fourth-order valence-electron chi connectivity index (χ4n) is 2.29. The summed E-state index contributed by atoms with van der Waals surface area (Å²) in [5.74, 6) is 0.387. The molecular formula is C16H13N3O4S. The van der Waals surface area contributed by atoms with Crippen molar-refractivity contribution in [2.75, 3.05) is 7.11 Å². The summed E-state index contributed by atoms with van der Waals surface area (Å²) in [5.41, 5.74) is 1.81. The number of allylic oxidation sites excluding steroid dienone is 1. The van der Waals surface area contributed by atoms with Crippen molar-refractivity contribution in [1.29, 1.82) is 0 Å². The lowest BCUT2D eigenvalue weighted by Gasteiger charge is -2.06. The van der Waals surface area contributed by atoms with Crippen molar-refractivity contribution in [3.05, 3.63) is 47.0 Å². The van der Waals surface area contributed by atoms with Gasteiger partial charge in [0, 0.05) is 11.6 Å². The second kappa shape index (κ2) is 6.71. The predicted octanol–water partition coefficient (Wildman–Crippen LogP) is 2.57. The van der Waals surface area contributed by atoms with Crippen LogP contribution >= 0.6 is 11.8 Å². The van der Waals surface area contributed by atoms with Gasteiger partial charge >= 0.3 is 6.09 Å². The smallest absolute Gasteiger partial charge is 0.433 e. The van der Waals surface area contributed by atoms with Crippen LogP contribution in [0, 0.1) is 0 Å². The fraction of sp³-hybridized carbons (Fsp3) is 0.125. The molecule has 0 unspecified atom stereocenters. The molecule has 24 heavy (non-hydrogen) atoms. The molecule has 1 fully saturated rings. The highest BCUT2D eigenvalue weighted by Gasteiger charge is 2.24. The molecule has 0 bridgehead atoms. The quantitative estimate of drug-likeness (QED) is 0.831. The average Bonchev–Trinajstić information content (AvgIpc) is 2.90. The number of thioether (sulfide) groups is 1. The lowest BCUT2D eigenvalue weighted by Crippen LogP contribution is -2.20. The number of fused-ring (bicyclic) bond motifs is 1. The Labute approximate surface area is 141 Å². The number of carbonyl (C=O) groups excluding carboxylic acids is 1. The van der Waals surface area contributed by atoms with Crippen LogP contribution in [0.1, 0.15) is 5.56 Å². The van der Waals surface area contributed by atoms with E-state index in [0.29, 0.717) is 11.3 Å². The van der Waals surface area contributed by atoms with E-state index in [1.54, 1.807) is 25.4 Å². The van der Waals surface area contributed by atoms with Crippen molar-refractivity contribution >= 4 is 39.8 Å². The number of amidine groups is 1. The summed E-state index contributed by atoms with van der Waals surface area (Å²) in [4.78, 5) is 30.3. The number of nitrogens with zero attached hydrogens (tertiary/aromatic N) is 2. The van der Waals surface area contributed by atoms with Crippen molar-refractivity contribution in [3.63, 3.8) is 0 Å². The summed E-state index contributed by atoms with van der Waals surface area (Å²) in [6.45, 7) is 0. The van der Waals surface area contributed by atoms with Crippen LogP contribution in [-0.2, 0) is 11.2 Å². The van der Waals surface area contributed by atoms with Crippen molar-refractivity contribution < 1.29 is 19.4 Å². The number of hydrogen-bond acceptors (Lipinski definition) is 5. The highest BCUT2D eigenvalue weighted by atomic mass is 32.2. The molecular weight excluding hydrogens is 330 g/mol. The van der Waals surface area contributed by atoms with Gasteiger partial charge < -0.3 is 15.2 Å². The van der Waals surface area contributed by atoms with E-state index >= 15 is 0 Å². The molecule has 0 aliphatic carbocycles. The number of hydrogen-bond donors (Lipinski definition) is 2. The van der Waals surface area contributed by atoms with E-state index in [2.05, 4.69) is 15.3 Å². The van der Waals surface area contributed by atoms with Gasteiger partial charge in [0.05, 0.1) is 17.5 Å². The number of rotatable bonds is 3. The van der Waals surface area contributed by atoms with E-state index in [-0.39, 0.29) is 11.1 Å². The fourth-order valence-corrected chi connectivity index (χ4v) is 3.08. The van der Waals surface area contributed by atoms with Gasteiger partial charge in [-0.1, -0.05) is 12.1 Å². The molecule has 0 spiro atoms. The van der Waals surface area contributed by atoms with Gasteiger partial charge in [-0.05, 0) is 41.9 Å². The van der Waals surface area contributed by atoms with Gasteiger partial charge in [0.2, 0.25) is 0 Å². The normalized spacial score (nSPS) is 17.5. The molecule has 2 heterocycles. The van der Waals surface area contributed by atoms with Gasteiger partial charge in [0.25, 0.3) is 5.91 Å². The number of benzene rings is 1. The Hall–Kier alpha value is -2.87. The SMILES string of the molecule is COc1ccnc2ccc(C/C=C3\SC(=NC(=O)O)NC3=O)cc12. The largest absolute Gasteiger partial charge is 0.496 e. The van der Waals surface area contributed by atoms with Crippen molar-refractivity contribution in [2.45, 2.75) is 6.42 Å². The molecule has 2 N–H and O–H groups in total. The molecule has 1 aliphatic rings. The van der Waals surface area contributed by atoms with Crippen LogP contribution < -0.4 is 10.1 Å². The maximum absolute atomic E-state index is 11.8. The van der Waals surface area contributed by atoms with Crippen molar-refractivity contribution in [3.8, 4) is 5.75 Å². The highest BCUT2D eigenvalue weighted by molar-refractivity contribution is 8.18. The zero-order valence-electron chi connectivity index (χ0n) is 12.6. The maximum Gasteiger partial charge on any atom is 0.433 e. The lowest BCUT2D eigenvalue weighted by atomic mass is 10.1. The van der Waals surface area contributed by atoms with E-state index in [1.807, 2.05) is 18.2 Å². The first-order valence-electron chi connectivity index (χ1n) is 6.99. The molecule has 3 rings (SSSR count). The summed E-state index contributed by atoms with van der Waals surface area (Å²) in [6, 6.07) is 7.57. The van der Waals surface area contributed by atoms with E-state index in [4.69, 9.17) is 9.84 Å². The van der Waals surface area contributed by atoms with E-state index in [9.17, 15) is 9.59 Å². The third kappa shape index (κ3) is 3.38. The Bertz CT molecular complexity index is 892. The molecule has 1 aromatic carbocycles. The van der Waals surface area contributed by atoms with Crippen LogP contribution in [-0.4, -0.2) is 34.4 Å². The standard InChI is InChI=1S/C16H13N3O4S/c1-23-12-6-7-17-11-4-2-9(8-10(11)12)3-5-13-14(20)18-15(24-13)19-16(21)22/h2,4-8H,3H2,1H3,(H,21,22)(H,18,19,20)/b13-5-. The highest BCUT2D eigenvalue weighted by Crippen LogP contribution is 2.27. The van der Waals surface area contributed by atoms with Crippen molar-refractivity contribution in [1.82, 2.24) is 10.3 Å². The van der Waals surface area contributed by atoms with Crippen LogP contribution in [0.5, 0.6) is 5.75 Å². The Morgan fingerprint density at radius 2 is 2.29 bits per heavy atom. The second-order valence-corrected chi connectivity index (χ2v) is 5.92. The van der Waals surface area contributed by atoms with Crippen LogP contribution in [0.25, 0.3) is 10.9 Å². The average molecular weight is 343 g/mol. The summed E-state index contributed by atoms with van der Waals surface area (Å²) in [5, 5.41) is 12.0. The molecule has 1 aliphatic heterocycles. The lowest BCUT2D eigenvalue weighted by molar-refractivity contribution is -0.115. The Balaban J connectivity index is 1.83. The topological polar surface area (TPSA) is 101 Å². The molecule has 8 heteroatoms. The number of ether oxygens (including phenoxy) is 1. The molecule has 0 saturated carbocycles. The molecule has 2 amide bonds. The third-order valence-corrected chi connectivity index (χ3v) is 4.32. The second-order valence-electron chi connectivity index (χ2n) is 4.89. The molecule has 1 aromatic heterocycles. The first-order valence-corrected chi connectivity index (χ1v) is 7.81. The van der Waals surface area contributed by atoms with Gasteiger partial charge in [-0.2, -0.15) is 4.99 Å². The molecule has 0 atom stereocenters. The van der Waals surface area contributed by atoms with E-state index in [1.165, 1.54) is 0 Å². The molecule has 122 valence electrons. The van der Waals surface area contributed by atoms with Gasteiger partial charge in [-0.25, -0.2) is 4.79 Å². The van der Waals surface area contributed by atoms with Gasteiger partial charge in [0.1, 0.15) is 5.75 Å². The van der Waals surface area contributed by atoms with E-state index < -0.39 is 6.09 Å². The van der Waals surface area contributed by atoms with Gasteiger partial charge in [-0.3, -0.25) is 9.78 Å². The number of methoxy groups -OCH3 is 1. The van der Waals surface area contributed by atoms with Gasteiger partial charge in [0.15, 0.2) is 5.17 Å². The Morgan fingerprint density at radius 1 is 1.46 bits per heavy atom. The number of amides is 2. The number of carbonyl (C=O) groups is 2. The van der Waals surface area contributed by atoms with Crippen LogP contribution in [0.3, 0.4) is 0 Å². The number of nitrogens with one attached hydrogen (secondary N) is 1. The predicted molar refractivity (Wildman–Crippen MR) is 91.3 cm³/mol. The van der Waals surface area contributed by atoms with Crippen LogP contribution in [0.15, 0.2) is 46.4 Å². The summed E-state index contributed by atoms with van der Waals surface area (Å²) < 4.78 is 5.33. The summed E-state index contributed by atoms with van der Waals surface area (Å²) in [7, 11) is 1.60. The molecule has 1 saturated heterocycles. The number of pyridine rings is 1. The zero-order chi connectivity index (χ0) is 17.1. The van der Waals surface area contributed by atoms with Crippen LogP contribution in [0.4, 0.5) is 4.79 Å². The molecule has 0 radical (unpaired) electrons. The number of aliphatic imine (C=N–C) groups is 1. The third-order valence-electron chi connectivity index (χ3n) is 3.36. The number of aromatic nitrogens is 1. The molecule has 2 aromatic rings. The minimum atomic E-state index is -1.34. The summed E-state index contributed by atoms with van der Waals surface area (Å²) >= 11 is 1.01. The Kier molecular flexibility index (Phi) is 4.48. The van der Waals surface area contributed by atoms with E-state index in [0.717, 1.165) is 34.0 Å². The first kappa shape index (κ1) is 16.0. The Morgan fingerprint density at radius 3 is 3.04 bits per heavy atom. The monoisotopic (exact) mass is 343 g/mol. The minimum Gasteiger partial charge on any atom is -0.496 e. The summed E-state index contributed by atoms with van der Waals surface area (Å²) in [6.07, 6.45) is 2.61. The minimum absolute atomic E-state index is 0.0723. The maximum atomic E-state index is 11.8. The first-order chi connectivity index (χ1) is 11.6. The molecule has 7 nitrogen and oxygen atoms in total. The number of carboxylic acid groups (broad SMARTS) is 1.